The Kier molecular flexibility index (Phi) is 9.73. The summed E-state index contributed by atoms with van der Waals surface area (Å²) in [5.74, 6) is 1.89. The Hall–Kier alpha value is -2.62. The largest absolute Gasteiger partial charge is 0.493 e. The number of benzene rings is 1. The highest BCUT2D eigenvalue weighted by Crippen LogP contribution is 2.68. The van der Waals surface area contributed by atoms with Gasteiger partial charge in [0.05, 0.1) is 24.5 Å². The number of amides is 1. The molecule has 1 amide bonds. The van der Waals surface area contributed by atoms with Crippen molar-refractivity contribution >= 4 is 11.9 Å². The minimum absolute atomic E-state index is 0.0257. The van der Waals surface area contributed by atoms with Crippen LogP contribution in [-0.4, -0.2) is 75.8 Å². The predicted octanol–water partition coefficient (Wildman–Crippen LogP) is 3.82. The zero-order valence-corrected chi connectivity index (χ0v) is 26.8. The van der Waals surface area contributed by atoms with Crippen molar-refractivity contribution in [2.24, 2.45) is 17.1 Å². The number of allylic oxidation sites excluding steroid dienone is 1. The van der Waals surface area contributed by atoms with E-state index in [1.165, 1.54) is 11.1 Å². The molecule has 0 aromatic heterocycles. The van der Waals surface area contributed by atoms with Gasteiger partial charge >= 0.3 is 5.97 Å². The summed E-state index contributed by atoms with van der Waals surface area (Å²) in [4.78, 5) is 28.6. The van der Waals surface area contributed by atoms with E-state index < -0.39 is 0 Å². The van der Waals surface area contributed by atoms with Gasteiger partial charge in [0.25, 0.3) is 0 Å². The highest BCUT2D eigenvalue weighted by Gasteiger charge is 2.70. The normalized spacial score (nSPS) is 28.3. The summed E-state index contributed by atoms with van der Waals surface area (Å²) in [6.45, 7) is 6.67. The minimum Gasteiger partial charge on any atom is -0.493 e. The number of likely N-dealkylation sites (N-methyl/N-ethyl adjacent to an activating group) is 2. The molecule has 43 heavy (non-hydrogen) atoms. The Bertz CT molecular complexity index is 1220. The molecule has 9 nitrogen and oxygen atoms in total. The maximum absolute atomic E-state index is 13.6. The number of carbonyl (C=O) groups excluding carboxylic acids is 2. The quantitative estimate of drug-likeness (QED) is 0.207. The van der Waals surface area contributed by atoms with Crippen molar-refractivity contribution in [3.05, 3.63) is 35.1 Å². The molecule has 1 saturated heterocycles. The number of esters is 1. The smallest absolute Gasteiger partial charge is 0.314 e. The molecule has 2 aliphatic carbocycles. The van der Waals surface area contributed by atoms with E-state index >= 15 is 0 Å². The van der Waals surface area contributed by atoms with Crippen molar-refractivity contribution in [1.29, 1.82) is 0 Å². The third kappa shape index (κ3) is 5.46. The highest BCUT2D eigenvalue weighted by molar-refractivity contribution is 5.81. The van der Waals surface area contributed by atoms with Gasteiger partial charge in [0, 0.05) is 23.6 Å². The Labute approximate surface area is 257 Å². The second kappa shape index (κ2) is 13.2. The summed E-state index contributed by atoms with van der Waals surface area (Å²) in [5.41, 5.74) is 7.91. The SMILES string of the molecule is CC[C@@H](CCCCNC(=O)[C@H](CCCCN)NC)C(=O)OC1=CC[C@@]2(C)[C@H]3Cc4ccc(OC)c5c4[C@@]2(CCN3C)[C@H]1O5. The van der Waals surface area contributed by atoms with Gasteiger partial charge in [-0.05, 0) is 96.3 Å². The maximum atomic E-state index is 13.6. The van der Waals surface area contributed by atoms with E-state index in [0.29, 0.717) is 31.3 Å². The van der Waals surface area contributed by atoms with Gasteiger partial charge in [-0.25, -0.2) is 0 Å². The average molecular weight is 597 g/mol. The van der Waals surface area contributed by atoms with Crippen LogP contribution >= 0.6 is 0 Å². The average Bonchev–Trinajstić information content (AvgIpc) is 3.36. The number of unbranched alkanes of at least 4 members (excludes halogenated alkanes) is 2. The van der Waals surface area contributed by atoms with Crippen LogP contribution in [0.1, 0.15) is 82.8 Å². The number of methoxy groups -OCH3 is 1. The van der Waals surface area contributed by atoms with Gasteiger partial charge in [-0.1, -0.05) is 32.8 Å². The van der Waals surface area contributed by atoms with Crippen LogP contribution in [0.2, 0.25) is 0 Å². The molecule has 1 aromatic carbocycles. The third-order valence-electron chi connectivity index (χ3n) is 11.0. The summed E-state index contributed by atoms with van der Waals surface area (Å²) >= 11 is 0. The number of hydrogen-bond donors (Lipinski definition) is 3. The van der Waals surface area contributed by atoms with Crippen molar-refractivity contribution in [2.75, 3.05) is 40.8 Å². The minimum atomic E-state index is -0.338. The Morgan fingerprint density at radius 2 is 2.00 bits per heavy atom. The fourth-order valence-corrected chi connectivity index (χ4v) is 8.47. The number of nitrogens with zero attached hydrogens (tertiary/aromatic N) is 1. The zero-order valence-electron chi connectivity index (χ0n) is 26.8. The van der Waals surface area contributed by atoms with Crippen molar-refractivity contribution in [3.63, 3.8) is 0 Å². The first kappa shape index (κ1) is 31.8. The predicted molar refractivity (Wildman–Crippen MR) is 167 cm³/mol. The number of hydrogen-bond acceptors (Lipinski definition) is 8. The number of ether oxygens (including phenoxy) is 3. The zero-order chi connectivity index (χ0) is 30.8. The van der Waals surface area contributed by atoms with Gasteiger partial charge in [-0.2, -0.15) is 0 Å². The van der Waals surface area contributed by atoms with E-state index in [-0.39, 0.29) is 40.8 Å². The molecule has 2 heterocycles. The van der Waals surface area contributed by atoms with Crippen LogP contribution in [0, 0.1) is 11.3 Å². The van der Waals surface area contributed by atoms with Crippen LogP contribution in [0.4, 0.5) is 0 Å². The first-order chi connectivity index (χ1) is 20.7. The van der Waals surface area contributed by atoms with Gasteiger partial charge < -0.3 is 35.5 Å². The van der Waals surface area contributed by atoms with E-state index in [2.05, 4.69) is 41.6 Å². The summed E-state index contributed by atoms with van der Waals surface area (Å²) in [5, 5.41) is 6.14. The van der Waals surface area contributed by atoms with Crippen molar-refractivity contribution in [3.8, 4) is 11.5 Å². The van der Waals surface area contributed by atoms with Crippen LogP contribution in [0.15, 0.2) is 24.0 Å². The number of rotatable bonds is 15. The molecule has 238 valence electrons. The first-order valence-electron chi connectivity index (χ1n) is 16.4. The number of nitrogens with two attached hydrogens (primary N) is 1. The van der Waals surface area contributed by atoms with Crippen LogP contribution in [0.5, 0.6) is 11.5 Å². The lowest BCUT2D eigenvalue weighted by molar-refractivity contribution is -0.150. The molecule has 4 aliphatic rings. The molecule has 1 aromatic rings. The molecule has 0 saturated carbocycles. The summed E-state index contributed by atoms with van der Waals surface area (Å²) < 4.78 is 18.8. The molecule has 4 N–H and O–H groups in total. The summed E-state index contributed by atoms with van der Waals surface area (Å²) in [6.07, 6.45) is 10.3. The lowest BCUT2D eigenvalue weighted by Gasteiger charge is -2.63. The monoisotopic (exact) mass is 596 g/mol. The van der Waals surface area contributed by atoms with E-state index in [4.69, 9.17) is 19.9 Å². The van der Waals surface area contributed by atoms with Crippen molar-refractivity contribution < 1.29 is 23.8 Å². The molecule has 5 rings (SSSR count). The molecular formula is C34H52N4O5. The molecular weight excluding hydrogens is 544 g/mol. The maximum Gasteiger partial charge on any atom is 0.314 e. The van der Waals surface area contributed by atoms with Crippen LogP contribution in [0.25, 0.3) is 0 Å². The van der Waals surface area contributed by atoms with Crippen molar-refractivity contribution in [2.45, 2.75) is 102 Å². The molecule has 9 heteroatoms. The fraction of sp³-hybridized carbons (Fsp3) is 0.706. The van der Waals surface area contributed by atoms with Crippen LogP contribution in [0.3, 0.4) is 0 Å². The lowest BCUT2D eigenvalue weighted by atomic mass is 9.45. The standard InChI is InChI=1S/C34H52N4O5/c1-6-22(11-8-10-19-37-31(39)24(36-3)12-7-9-18-35)32(40)42-26-15-16-33(2)27-21-23-13-14-25(41-5)29-28(23)34(33,30(26)43-29)17-20-38(27)4/h13-15,22,24,27,30,36H,6-12,16-21,35H2,1-5H3,(H,37,39)/t22-,24-,27+,30-,33-,34-/m0/s1. The van der Waals surface area contributed by atoms with Crippen LogP contribution < -0.4 is 25.8 Å². The number of likely N-dealkylation sites (tertiary alicyclic amines) is 1. The highest BCUT2D eigenvalue weighted by atomic mass is 16.6. The lowest BCUT2D eigenvalue weighted by Crippen LogP contribution is -2.69. The fourth-order valence-electron chi connectivity index (χ4n) is 8.47. The molecule has 0 radical (unpaired) electrons. The van der Waals surface area contributed by atoms with E-state index in [1.807, 2.05) is 20.0 Å². The third-order valence-corrected chi connectivity index (χ3v) is 11.0. The summed E-state index contributed by atoms with van der Waals surface area (Å²) in [7, 11) is 5.75. The number of carbonyl (C=O) groups is 2. The van der Waals surface area contributed by atoms with E-state index in [9.17, 15) is 9.59 Å². The Morgan fingerprint density at radius 3 is 2.72 bits per heavy atom. The van der Waals surface area contributed by atoms with Gasteiger partial charge in [-0.15, -0.1) is 0 Å². The van der Waals surface area contributed by atoms with E-state index in [1.54, 1.807) is 7.11 Å². The Morgan fingerprint density at radius 1 is 1.21 bits per heavy atom. The topological polar surface area (TPSA) is 115 Å². The summed E-state index contributed by atoms with van der Waals surface area (Å²) in [6, 6.07) is 4.42. The first-order valence-corrected chi connectivity index (χ1v) is 16.4. The molecule has 1 fully saturated rings. The second-order valence-corrected chi connectivity index (χ2v) is 13.2. The molecule has 2 bridgehead atoms. The molecule has 2 aliphatic heterocycles. The molecule has 1 spiro atoms. The second-order valence-electron chi connectivity index (χ2n) is 13.2. The van der Waals surface area contributed by atoms with Gasteiger partial charge in [0.15, 0.2) is 17.6 Å². The van der Waals surface area contributed by atoms with Gasteiger partial charge in [-0.3, -0.25) is 9.59 Å². The molecule has 6 atom stereocenters. The van der Waals surface area contributed by atoms with Gasteiger partial charge in [0.2, 0.25) is 5.91 Å². The van der Waals surface area contributed by atoms with Gasteiger partial charge in [0.1, 0.15) is 5.76 Å². The number of piperidine rings is 1. The number of nitrogens with one attached hydrogen (secondary N) is 2. The van der Waals surface area contributed by atoms with Crippen LogP contribution in [-0.2, 0) is 26.2 Å². The van der Waals surface area contributed by atoms with E-state index in [0.717, 1.165) is 75.8 Å². The Balaban J connectivity index is 1.22. The molecule has 0 unspecified atom stereocenters. The van der Waals surface area contributed by atoms with Crippen molar-refractivity contribution in [1.82, 2.24) is 15.5 Å².